The molecule has 1 aliphatic heterocycles. The van der Waals surface area contributed by atoms with Crippen molar-refractivity contribution in [3.63, 3.8) is 0 Å². The molecule has 1 heterocycles. The van der Waals surface area contributed by atoms with Crippen molar-refractivity contribution in [3.8, 4) is 0 Å². The molecule has 0 spiro atoms. The Morgan fingerprint density at radius 2 is 1.75 bits per heavy atom. The number of amides is 1. The van der Waals surface area contributed by atoms with Gasteiger partial charge in [-0.2, -0.15) is 0 Å². The summed E-state index contributed by atoms with van der Waals surface area (Å²) in [6, 6.07) is 7.04. The summed E-state index contributed by atoms with van der Waals surface area (Å²) < 4.78 is 5.23. The molecule has 0 saturated heterocycles. The molecule has 0 unspecified atom stereocenters. The highest BCUT2D eigenvalue weighted by Gasteiger charge is 2.37. The van der Waals surface area contributed by atoms with Crippen LogP contribution in [0.2, 0.25) is 0 Å². The standard InChI is InChI=1S/C17H26N2O5/c1-17(2,3)24-16(23)18(4)9-11(20)10-19-14(21)12-7-5-6-8-13(12)15(19)22/h5-8,11,14-15,20-22H,9-10H2,1-4H3/t11-,14+,15+/m0/s1. The number of rotatable bonds is 4. The molecular weight excluding hydrogens is 312 g/mol. The number of fused-ring (bicyclic) bond motifs is 1. The zero-order valence-electron chi connectivity index (χ0n) is 14.5. The first-order valence-electron chi connectivity index (χ1n) is 7.93. The summed E-state index contributed by atoms with van der Waals surface area (Å²) in [6.07, 6.45) is -3.45. The van der Waals surface area contributed by atoms with Crippen LogP contribution < -0.4 is 0 Å². The van der Waals surface area contributed by atoms with Gasteiger partial charge in [-0.15, -0.1) is 0 Å². The predicted octanol–water partition coefficient (Wildman–Crippen LogP) is 1.21. The van der Waals surface area contributed by atoms with Crippen LogP contribution in [-0.2, 0) is 4.74 Å². The third-order valence-electron chi connectivity index (χ3n) is 3.79. The Balaban J connectivity index is 1.94. The van der Waals surface area contributed by atoms with Gasteiger partial charge in [0.05, 0.1) is 12.6 Å². The molecule has 0 bridgehead atoms. The van der Waals surface area contributed by atoms with Gasteiger partial charge < -0.3 is 25.0 Å². The lowest BCUT2D eigenvalue weighted by Gasteiger charge is -2.29. The van der Waals surface area contributed by atoms with E-state index in [0.29, 0.717) is 11.1 Å². The number of carbonyl (C=O) groups is 1. The van der Waals surface area contributed by atoms with Crippen molar-refractivity contribution in [2.45, 2.75) is 44.9 Å². The van der Waals surface area contributed by atoms with Crippen LogP contribution in [-0.4, -0.2) is 63.1 Å². The number of benzene rings is 1. The van der Waals surface area contributed by atoms with Crippen molar-refractivity contribution in [3.05, 3.63) is 35.4 Å². The fourth-order valence-electron chi connectivity index (χ4n) is 2.70. The Labute approximate surface area is 142 Å². The molecule has 3 atom stereocenters. The number of carbonyl (C=O) groups excluding carboxylic acids is 1. The monoisotopic (exact) mass is 338 g/mol. The normalized spacial score (nSPS) is 22.1. The third-order valence-corrected chi connectivity index (χ3v) is 3.79. The molecule has 24 heavy (non-hydrogen) atoms. The van der Waals surface area contributed by atoms with Crippen LogP contribution in [0.4, 0.5) is 4.79 Å². The van der Waals surface area contributed by atoms with Crippen LogP contribution in [0.5, 0.6) is 0 Å². The highest BCUT2D eigenvalue weighted by molar-refractivity contribution is 5.67. The van der Waals surface area contributed by atoms with Crippen molar-refractivity contribution in [2.24, 2.45) is 0 Å². The second kappa shape index (κ2) is 7.06. The van der Waals surface area contributed by atoms with E-state index in [1.54, 1.807) is 45.0 Å². The fraction of sp³-hybridized carbons (Fsp3) is 0.588. The van der Waals surface area contributed by atoms with Crippen molar-refractivity contribution in [1.82, 2.24) is 9.80 Å². The van der Waals surface area contributed by atoms with E-state index < -0.39 is 30.3 Å². The molecule has 7 heteroatoms. The lowest BCUT2D eigenvalue weighted by atomic mass is 10.1. The number of aliphatic hydroxyl groups is 3. The Bertz CT molecular complexity index is 558. The average molecular weight is 338 g/mol. The van der Waals surface area contributed by atoms with Crippen LogP contribution >= 0.6 is 0 Å². The molecule has 0 radical (unpaired) electrons. The van der Waals surface area contributed by atoms with Gasteiger partial charge in [0.1, 0.15) is 18.1 Å². The number of likely N-dealkylation sites (N-methyl/N-ethyl adjacent to an activating group) is 1. The summed E-state index contributed by atoms with van der Waals surface area (Å²) in [4.78, 5) is 14.6. The summed E-state index contributed by atoms with van der Waals surface area (Å²) in [5, 5.41) is 30.8. The van der Waals surface area contributed by atoms with E-state index >= 15 is 0 Å². The smallest absolute Gasteiger partial charge is 0.410 e. The second-order valence-electron chi connectivity index (χ2n) is 7.09. The summed E-state index contributed by atoms with van der Waals surface area (Å²) in [5.74, 6) is 0. The molecule has 3 N–H and O–H groups in total. The Morgan fingerprint density at radius 1 is 1.25 bits per heavy atom. The zero-order chi connectivity index (χ0) is 18.1. The molecule has 134 valence electrons. The number of ether oxygens (including phenoxy) is 1. The molecule has 1 amide bonds. The Kier molecular flexibility index (Phi) is 5.49. The maximum absolute atomic E-state index is 11.9. The molecule has 0 fully saturated rings. The van der Waals surface area contributed by atoms with Crippen LogP contribution in [0.1, 0.15) is 44.4 Å². The van der Waals surface area contributed by atoms with Crippen LogP contribution in [0, 0.1) is 0 Å². The molecular formula is C17H26N2O5. The number of nitrogens with zero attached hydrogens (tertiary/aromatic N) is 2. The fourth-order valence-corrected chi connectivity index (χ4v) is 2.70. The van der Waals surface area contributed by atoms with Gasteiger partial charge in [-0.3, -0.25) is 0 Å². The molecule has 1 aromatic rings. The second-order valence-corrected chi connectivity index (χ2v) is 7.09. The summed E-state index contributed by atoms with van der Waals surface area (Å²) >= 11 is 0. The van der Waals surface area contributed by atoms with Gasteiger partial charge in [0.25, 0.3) is 0 Å². The SMILES string of the molecule is CN(C[C@H](O)CN1[C@H](O)c2ccccc2[C@H]1O)C(=O)OC(C)(C)C. The van der Waals surface area contributed by atoms with Crippen LogP contribution in [0.15, 0.2) is 24.3 Å². The molecule has 7 nitrogen and oxygen atoms in total. The molecule has 0 aliphatic carbocycles. The molecule has 0 saturated carbocycles. The van der Waals surface area contributed by atoms with Crippen molar-refractivity contribution in [1.29, 1.82) is 0 Å². The van der Waals surface area contributed by atoms with Crippen molar-refractivity contribution in [2.75, 3.05) is 20.1 Å². The van der Waals surface area contributed by atoms with E-state index in [1.165, 1.54) is 16.8 Å². The summed E-state index contributed by atoms with van der Waals surface area (Å²) in [7, 11) is 1.53. The lowest BCUT2D eigenvalue weighted by Crippen LogP contribution is -2.43. The number of β-amino-alcohol motifs (C(OH)–C–C–N with tert-alkyl or cyclic N) is 1. The summed E-state index contributed by atoms with van der Waals surface area (Å²) in [6.45, 7) is 5.35. The largest absolute Gasteiger partial charge is 0.444 e. The van der Waals surface area contributed by atoms with Crippen molar-refractivity contribution < 1.29 is 24.9 Å². The minimum Gasteiger partial charge on any atom is -0.444 e. The van der Waals surface area contributed by atoms with Gasteiger partial charge >= 0.3 is 6.09 Å². The minimum absolute atomic E-state index is 0.0180. The third kappa shape index (κ3) is 4.24. The molecule has 2 rings (SSSR count). The highest BCUT2D eigenvalue weighted by atomic mass is 16.6. The van der Waals surface area contributed by atoms with E-state index in [-0.39, 0.29) is 13.1 Å². The Hall–Kier alpha value is -1.67. The van der Waals surface area contributed by atoms with E-state index in [0.717, 1.165) is 0 Å². The number of hydrogen-bond donors (Lipinski definition) is 3. The first-order chi connectivity index (χ1) is 11.1. The van der Waals surface area contributed by atoms with Crippen LogP contribution in [0.25, 0.3) is 0 Å². The molecule has 1 aliphatic rings. The van der Waals surface area contributed by atoms with E-state index in [9.17, 15) is 20.1 Å². The minimum atomic E-state index is -0.988. The van der Waals surface area contributed by atoms with E-state index in [4.69, 9.17) is 4.74 Å². The van der Waals surface area contributed by atoms with Gasteiger partial charge in [0, 0.05) is 24.7 Å². The first kappa shape index (κ1) is 18.7. The lowest BCUT2D eigenvalue weighted by molar-refractivity contribution is -0.103. The van der Waals surface area contributed by atoms with E-state index in [1.807, 2.05) is 0 Å². The predicted molar refractivity (Wildman–Crippen MR) is 87.9 cm³/mol. The zero-order valence-corrected chi connectivity index (χ0v) is 14.5. The van der Waals surface area contributed by atoms with E-state index in [2.05, 4.69) is 0 Å². The van der Waals surface area contributed by atoms with Gasteiger partial charge in [0.15, 0.2) is 0 Å². The summed E-state index contributed by atoms with van der Waals surface area (Å²) in [5.41, 5.74) is 0.634. The number of aliphatic hydroxyl groups excluding tert-OH is 3. The Morgan fingerprint density at radius 3 is 2.21 bits per heavy atom. The maximum Gasteiger partial charge on any atom is 0.410 e. The molecule has 0 aromatic heterocycles. The average Bonchev–Trinajstić information content (AvgIpc) is 2.71. The van der Waals surface area contributed by atoms with Gasteiger partial charge in [0.2, 0.25) is 0 Å². The van der Waals surface area contributed by atoms with Gasteiger partial charge in [-0.25, -0.2) is 9.69 Å². The topological polar surface area (TPSA) is 93.5 Å². The highest BCUT2D eigenvalue weighted by Crippen LogP contribution is 2.38. The molecule has 1 aromatic carbocycles. The quantitative estimate of drug-likeness (QED) is 0.764. The van der Waals surface area contributed by atoms with Crippen molar-refractivity contribution >= 4 is 6.09 Å². The maximum atomic E-state index is 11.9. The van der Waals surface area contributed by atoms with Gasteiger partial charge in [-0.1, -0.05) is 24.3 Å². The first-order valence-corrected chi connectivity index (χ1v) is 7.93. The van der Waals surface area contributed by atoms with Gasteiger partial charge in [-0.05, 0) is 20.8 Å². The van der Waals surface area contributed by atoms with Crippen LogP contribution in [0.3, 0.4) is 0 Å². The number of hydrogen-bond acceptors (Lipinski definition) is 6.